The van der Waals surface area contributed by atoms with Gasteiger partial charge in [-0.15, -0.1) is 0 Å². The Labute approximate surface area is 132 Å². The van der Waals surface area contributed by atoms with Crippen molar-refractivity contribution in [3.63, 3.8) is 0 Å². The Morgan fingerprint density at radius 3 is 2.14 bits per heavy atom. The van der Waals surface area contributed by atoms with E-state index < -0.39 is 6.10 Å². The molecule has 1 aliphatic rings. The van der Waals surface area contributed by atoms with E-state index in [0.717, 1.165) is 31.2 Å². The van der Waals surface area contributed by atoms with E-state index in [0.29, 0.717) is 17.2 Å². The number of methoxy groups -OCH3 is 3. The molecule has 0 aromatic heterocycles. The van der Waals surface area contributed by atoms with E-state index in [1.807, 2.05) is 12.1 Å². The lowest BCUT2D eigenvalue weighted by atomic mass is 9.86. The van der Waals surface area contributed by atoms with Crippen LogP contribution in [0.5, 0.6) is 17.2 Å². The summed E-state index contributed by atoms with van der Waals surface area (Å²) in [4.78, 5) is 0. The van der Waals surface area contributed by atoms with Crippen molar-refractivity contribution in [3.8, 4) is 17.2 Å². The standard InChI is InChI=1S/C17H27NO4/c1-20-14-9-11(10-15(21-2)17(14)22-3)16(19)12-7-5-4-6-8-13(12)18/h9-10,12-13,16,19H,4-8,18H2,1-3H3. The molecule has 0 saturated heterocycles. The summed E-state index contributed by atoms with van der Waals surface area (Å²) in [6.45, 7) is 0. The number of aliphatic hydroxyl groups excluding tert-OH is 1. The van der Waals surface area contributed by atoms with Crippen LogP contribution in [0.4, 0.5) is 0 Å². The molecule has 0 radical (unpaired) electrons. The van der Waals surface area contributed by atoms with Gasteiger partial charge in [0.1, 0.15) is 0 Å². The summed E-state index contributed by atoms with van der Waals surface area (Å²) in [6, 6.07) is 3.64. The van der Waals surface area contributed by atoms with Crippen molar-refractivity contribution in [2.75, 3.05) is 21.3 Å². The van der Waals surface area contributed by atoms with E-state index in [-0.39, 0.29) is 12.0 Å². The average molecular weight is 309 g/mol. The van der Waals surface area contributed by atoms with Crippen molar-refractivity contribution >= 4 is 0 Å². The lowest BCUT2D eigenvalue weighted by Crippen LogP contribution is -2.33. The fourth-order valence-electron chi connectivity index (χ4n) is 3.28. The van der Waals surface area contributed by atoms with Crippen LogP contribution in [-0.4, -0.2) is 32.5 Å². The van der Waals surface area contributed by atoms with E-state index in [1.165, 1.54) is 6.42 Å². The molecule has 124 valence electrons. The average Bonchev–Trinajstić information content (AvgIpc) is 2.77. The normalized spacial score (nSPS) is 23.5. The maximum absolute atomic E-state index is 10.8. The number of hydrogen-bond acceptors (Lipinski definition) is 5. The van der Waals surface area contributed by atoms with Crippen molar-refractivity contribution < 1.29 is 19.3 Å². The quantitative estimate of drug-likeness (QED) is 0.818. The summed E-state index contributed by atoms with van der Waals surface area (Å²) in [5.41, 5.74) is 7.03. The SMILES string of the molecule is COc1cc(C(O)C2CCCCCC2N)cc(OC)c1OC. The Morgan fingerprint density at radius 2 is 1.59 bits per heavy atom. The van der Waals surface area contributed by atoms with Crippen LogP contribution in [0.15, 0.2) is 12.1 Å². The molecule has 1 aliphatic carbocycles. The maximum Gasteiger partial charge on any atom is 0.203 e. The van der Waals surface area contributed by atoms with Gasteiger partial charge in [0.05, 0.1) is 27.4 Å². The molecular formula is C17H27NO4. The van der Waals surface area contributed by atoms with Gasteiger partial charge in [-0.25, -0.2) is 0 Å². The maximum atomic E-state index is 10.8. The first-order valence-electron chi connectivity index (χ1n) is 7.86. The van der Waals surface area contributed by atoms with Crippen LogP contribution in [0, 0.1) is 5.92 Å². The lowest BCUT2D eigenvalue weighted by Gasteiger charge is -2.27. The minimum absolute atomic E-state index is 0.0246. The number of hydrogen-bond donors (Lipinski definition) is 2. The van der Waals surface area contributed by atoms with Crippen molar-refractivity contribution in [1.29, 1.82) is 0 Å². The molecule has 3 N–H and O–H groups in total. The summed E-state index contributed by atoms with van der Waals surface area (Å²) in [6.07, 6.45) is 4.72. The predicted molar refractivity (Wildman–Crippen MR) is 85.6 cm³/mol. The fourth-order valence-corrected chi connectivity index (χ4v) is 3.28. The Hall–Kier alpha value is -1.46. The summed E-state index contributed by atoms with van der Waals surface area (Å²) in [5.74, 6) is 1.70. The highest BCUT2D eigenvalue weighted by Gasteiger charge is 2.29. The fraction of sp³-hybridized carbons (Fsp3) is 0.647. The van der Waals surface area contributed by atoms with Crippen molar-refractivity contribution in [1.82, 2.24) is 0 Å². The Bertz CT molecular complexity index is 467. The highest BCUT2D eigenvalue weighted by atomic mass is 16.5. The van der Waals surface area contributed by atoms with E-state index in [1.54, 1.807) is 21.3 Å². The first-order valence-corrected chi connectivity index (χ1v) is 7.86. The minimum atomic E-state index is -0.623. The van der Waals surface area contributed by atoms with Crippen molar-refractivity contribution in [3.05, 3.63) is 17.7 Å². The van der Waals surface area contributed by atoms with E-state index >= 15 is 0 Å². The highest BCUT2D eigenvalue weighted by Crippen LogP contribution is 2.42. The summed E-state index contributed by atoms with van der Waals surface area (Å²) in [5, 5.41) is 10.8. The third-order valence-electron chi connectivity index (χ3n) is 4.56. The van der Waals surface area contributed by atoms with Gasteiger partial charge in [0.15, 0.2) is 11.5 Å². The Morgan fingerprint density at radius 1 is 1.00 bits per heavy atom. The smallest absolute Gasteiger partial charge is 0.203 e. The second-order valence-corrected chi connectivity index (χ2v) is 5.87. The molecule has 0 spiro atoms. The molecule has 22 heavy (non-hydrogen) atoms. The first kappa shape index (κ1) is 16.9. The monoisotopic (exact) mass is 309 g/mol. The van der Waals surface area contributed by atoms with Gasteiger partial charge >= 0.3 is 0 Å². The van der Waals surface area contributed by atoms with Crippen LogP contribution in [0.3, 0.4) is 0 Å². The highest BCUT2D eigenvalue weighted by molar-refractivity contribution is 5.54. The largest absolute Gasteiger partial charge is 0.493 e. The zero-order valence-electron chi connectivity index (χ0n) is 13.7. The summed E-state index contributed by atoms with van der Waals surface area (Å²) >= 11 is 0. The van der Waals surface area contributed by atoms with Gasteiger partial charge in [0.25, 0.3) is 0 Å². The van der Waals surface area contributed by atoms with E-state index in [2.05, 4.69) is 0 Å². The molecule has 1 aromatic rings. The van der Waals surface area contributed by atoms with Crippen LogP contribution in [0.1, 0.15) is 43.8 Å². The van der Waals surface area contributed by atoms with Gasteiger partial charge < -0.3 is 25.1 Å². The van der Waals surface area contributed by atoms with Gasteiger partial charge in [-0.3, -0.25) is 0 Å². The number of ether oxygens (including phenoxy) is 3. The van der Waals surface area contributed by atoms with Gasteiger partial charge in [-0.1, -0.05) is 19.3 Å². The molecule has 1 aromatic carbocycles. The molecule has 2 rings (SSSR count). The second-order valence-electron chi connectivity index (χ2n) is 5.87. The first-order chi connectivity index (χ1) is 10.6. The Balaban J connectivity index is 2.33. The van der Waals surface area contributed by atoms with Crippen LogP contribution in [0.2, 0.25) is 0 Å². The molecule has 3 atom stereocenters. The third kappa shape index (κ3) is 3.47. The molecule has 0 heterocycles. The van der Waals surface area contributed by atoms with Gasteiger partial charge in [-0.05, 0) is 30.5 Å². The third-order valence-corrected chi connectivity index (χ3v) is 4.56. The summed E-state index contributed by atoms with van der Waals surface area (Å²) in [7, 11) is 4.72. The predicted octanol–water partition coefficient (Wildman–Crippen LogP) is 2.65. The van der Waals surface area contributed by atoms with Crippen LogP contribution in [-0.2, 0) is 0 Å². The summed E-state index contributed by atoms with van der Waals surface area (Å²) < 4.78 is 16.0. The molecule has 5 nitrogen and oxygen atoms in total. The number of aliphatic hydroxyl groups is 1. The lowest BCUT2D eigenvalue weighted by molar-refractivity contribution is 0.0876. The molecule has 0 bridgehead atoms. The van der Waals surface area contributed by atoms with Crippen LogP contribution >= 0.6 is 0 Å². The Kier molecular flexibility index (Phi) is 5.91. The van der Waals surface area contributed by atoms with Crippen molar-refractivity contribution in [2.24, 2.45) is 11.7 Å². The molecule has 5 heteroatoms. The number of rotatable bonds is 5. The molecule has 3 unspecified atom stereocenters. The molecule has 0 amide bonds. The molecule has 1 saturated carbocycles. The van der Waals surface area contributed by atoms with Gasteiger partial charge in [-0.2, -0.15) is 0 Å². The van der Waals surface area contributed by atoms with Crippen LogP contribution in [0.25, 0.3) is 0 Å². The molecular weight excluding hydrogens is 282 g/mol. The van der Waals surface area contributed by atoms with Gasteiger partial charge in [0, 0.05) is 12.0 Å². The molecule has 0 aliphatic heterocycles. The number of benzene rings is 1. The second kappa shape index (κ2) is 7.70. The van der Waals surface area contributed by atoms with E-state index in [4.69, 9.17) is 19.9 Å². The van der Waals surface area contributed by atoms with Gasteiger partial charge in [0.2, 0.25) is 5.75 Å². The van der Waals surface area contributed by atoms with Crippen molar-refractivity contribution in [2.45, 2.75) is 44.2 Å². The minimum Gasteiger partial charge on any atom is -0.493 e. The number of nitrogens with two attached hydrogens (primary N) is 1. The van der Waals surface area contributed by atoms with E-state index in [9.17, 15) is 5.11 Å². The van der Waals surface area contributed by atoms with Crippen LogP contribution < -0.4 is 19.9 Å². The zero-order valence-corrected chi connectivity index (χ0v) is 13.7. The zero-order chi connectivity index (χ0) is 16.1. The molecule has 1 fully saturated rings. The topological polar surface area (TPSA) is 73.9 Å².